The highest BCUT2D eigenvalue weighted by Gasteiger charge is 2.38. The topological polar surface area (TPSA) is 118 Å². The number of carboxylic acid groups (broad SMARTS) is 1. The molecular formula is C32H27F5N6O2. The van der Waals surface area contributed by atoms with Crippen LogP contribution < -0.4 is 10.6 Å². The van der Waals surface area contributed by atoms with Crippen LogP contribution in [0.15, 0.2) is 82.8 Å². The normalized spacial score (nSPS) is 18.3. The smallest absolute Gasteiger partial charge is 0.475 e. The van der Waals surface area contributed by atoms with Gasteiger partial charge in [-0.2, -0.15) is 13.2 Å². The molecule has 0 amide bonds. The van der Waals surface area contributed by atoms with Crippen LogP contribution in [0.5, 0.6) is 0 Å². The van der Waals surface area contributed by atoms with Crippen molar-refractivity contribution in [3.8, 4) is 22.5 Å². The van der Waals surface area contributed by atoms with Gasteiger partial charge in [0.15, 0.2) is 0 Å². The summed E-state index contributed by atoms with van der Waals surface area (Å²) < 4.78 is 58.6. The third-order valence-corrected chi connectivity index (χ3v) is 7.42. The lowest BCUT2D eigenvalue weighted by molar-refractivity contribution is -0.192. The summed E-state index contributed by atoms with van der Waals surface area (Å²) in [5, 5.41) is 15.5. The first-order chi connectivity index (χ1) is 21.5. The van der Waals surface area contributed by atoms with E-state index in [1.165, 1.54) is 0 Å². The lowest BCUT2D eigenvalue weighted by Gasteiger charge is -2.17. The van der Waals surface area contributed by atoms with Crippen molar-refractivity contribution in [1.29, 1.82) is 0 Å². The van der Waals surface area contributed by atoms with Crippen molar-refractivity contribution in [3.63, 3.8) is 0 Å². The predicted molar refractivity (Wildman–Crippen MR) is 163 cm³/mol. The number of aromatic nitrogens is 2. The van der Waals surface area contributed by atoms with E-state index in [-0.39, 0.29) is 13.1 Å². The molecule has 0 spiro atoms. The molecule has 2 aliphatic heterocycles. The molecular weight excluding hydrogens is 595 g/mol. The zero-order valence-corrected chi connectivity index (χ0v) is 23.6. The summed E-state index contributed by atoms with van der Waals surface area (Å²) in [6.45, 7) is 0.995. The number of hydrogen-bond donors (Lipinski definition) is 5. The molecule has 2 aliphatic rings. The molecule has 0 saturated carbocycles. The minimum absolute atomic E-state index is 0.202. The number of nitrogens with zero attached hydrogens (tertiary/aromatic N) is 2. The second-order valence-corrected chi connectivity index (χ2v) is 10.7. The number of aliphatic imine (C=N–C) groups is 2. The first-order valence-electron chi connectivity index (χ1n) is 14.1. The number of rotatable bonds is 4. The number of carboxylic acids is 1. The highest BCUT2D eigenvalue weighted by Crippen LogP contribution is 2.29. The second-order valence-electron chi connectivity index (χ2n) is 10.7. The van der Waals surface area contributed by atoms with Gasteiger partial charge in [0.25, 0.3) is 0 Å². The number of alkyl halides is 5. The molecule has 5 N–H and O–H groups in total. The zero-order chi connectivity index (χ0) is 31.7. The number of aromatic amines is 2. The highest BCUT2D eigenvalue weighted by atomic mass is 19.4. The second kappa shape index (κ2) is 12.1. The molecule has 5 aromatic rings. The van der Waals surface area contributed by atoms with Crippen molar-refractivity contribution in [3.05, 3.63) is 83.9 Å². The fourth-order valence-electron chi connectivity index (χ4n) is 5.11. The number of halogens is 5. The van der Waals surface area contributed by atoms with Gasteiger partial charge in [0, 0.05) is 57.4 Å². The van der Waals surface area contributed by atoms with Crippen LogP contribution in [0.1, 0.15) is 11.1 Å². The average Bonchev–Trinajstić information content (AvgIpc) is 3.65. The first-order valence-corrected chi connectivity index (χ1v) is 14.1. The van der Waals surface area contributed by atoms with Crippen molar-refractivity contribution >= 4 is 39.4 Å². The Kier molecular flexibility index (Phi) is 8.00. The Morgan fingerprint density at radius 2 is 1.04 bits per heavy atom. The summed E-state index contributed by atoms with van der Waals surface area (Å²) in [5.41, 5.74) is 8.17. The van der Waals surface area contributed by atoms with Crippen molar-refractivity contribution < 1.29 is 31.9 Å². The molecule has 7 rings (SSSR count). The minimum Gasteiger partial charge on any atom is -0.475 e. The monoisotopic (exact) mass is 622 g/mol. The largest absolute Gasteiger partial charge is 0.490 e. The maximum absolute atomic E-state index is 13.4. The fraction of sp³-hybridized carbons (Fsp3) is 0.219. The maximum atomic E-state index is 13.4. The van der Waals surface area contributed by atoms with Gasteiger partial charge < -0.3 is 25.7 Å². The van der Waals surface area contributed by atoms with E-state index in [4.69, 9.17) is 9.90 Å². The maximum Gasteiger partial charge on any atom is 0.490 e. The molecule has 0 bridgehead atoms. The van der Waals surface area contributed by atoms with Crippen LogP contribution in [0.25, 0.3) is 44.3 Å². The SMILES string of the molecule is FC1CN=C(c2ccc3cc(-c4ccc(-c5cc6ccc(C7=NCC(F)CN7)cc6[nH]5)cc4)[nH]c3c2)NC1.O=C(O)C(F)(F)F. The van der Waals surface area contributed by atoms with Gasteiger partial charge in [-0.15, -0.1) is 0 Å². The summed E-state index contributed by atoms with van der Waals surface area (Å²) in [6, 6.07) is 25.0. The molecule has 0 aliphatic carbocycles. The van der Waals surface area contributed by atoms with E-state index in [1.54, 1.807) is 0 Å². The van der Waals surface area contributed by atoms with Crippen LogP contribution in [-0.4, -0.2) is 77.4 Å². The number of amidine groups is 2. The first kappa shape index (κ1) is 29.9. The summed E-state index contributed by atoms with van der Waals surface area (Å²) in [6.07, 6.45) is -6.94. The molecule has 3 aromatic carbocycles. The Morgan fingerprint density at radius 1 is 0.667 bits per heavy atom. The Hall–Kier alpha value is -5.20. The van der Waals surface area contributed by atoms with E-state index < -0.39 is 24.5 Å². The van der Waals surface area contributed by atoms with Gasteiger partial charge in [-0.25, -0.2) is 13.6 Å². The summed E-state index contributed by atoms with van der Waals surface area (Å²) in [7, 11) is 0. The van der Waals surface area contributed by atoms with Gasteiger partial charge in [0.1, 0.15) is 24.0 Å². The van der Waals surface area contributed by atoms with Gasteiger partial charge in [-0.05, 0) is 35.4 Å². The van der Waals surface area contributed by atoms with Crippen LogP contribution in [0.2, 0.25) is 0 Å². The molecule has 0 saturated heterocycles. The average molecular weight is 623 g/mol. The number of hydrogen-bond acceptors (Lipinski definition) is 5. The lowest BCUT2D eigenvalue weighted by atomic mass is 10.1. The third-order valence-electron chi connectivity index (χ3n) is 7.42. The number of H-pyrrole nitrogens is 2. The Labute approximate surface area is 253 Å². The molecule has 232 valence electrons. The van der Waals surface area contributed by atoms with E-state index in [9.17, 15) is 22.0 Å². The molecule has 13 heteroatoms. The van der Waals surface area contributed by atoms with Crippen molar-refractivity contribution in [1.82, 2.24) is 20.6 Å². The molecule has 2 atom stereocenters. The summed E-state index contributed by atoms with van der Waals surface area (Å²) >= 11 is 0. The van der Waals surface area contributed by atoms with Crippen LogP contribution >= 0.6 is 0 Å². The van der Waals surface area contributed by atoms with E-state index >= 15 is 0 Å². The van der Waals surface area contributed by atoms with Crippen LogP contribution in [0, 0.1) is 0 Å². The van der Waals surface area contributed by atoms with Gasteiger partial charge in [-0.3, -0.25) is 9.98 Å². The zero-order valence-electron chi connectivity index (χ0n) is 23.6. The van der Waals surface area contributed by atoms with Gasteiger partial charge in [0.2, 0.25) is 0 Å². The molecule has 4 heterocycles. The van der Waals surface area contributed by atoms with E-state index in [2.05, 4.69) is 91.3 Å². The lowest BCUT2D eigenvalue weighted by Crippen LogP contribution is -2.37. The van der Waals surface area contributed by atoms with Crippen molar-refractivity contribution in [2.75, 3.05) is 26.2 Å². The predicted octanol–water partition coefficient (Wildman–Crippen LogP) is 5.99. The molecule has 0 radical (unpaired) electrons. The summed E-state index contributed by atoms with van der Waals surface area (Å²) in [4.78, 5) is 24.6. The van der Waals surface area contributed by atoms with E-state index in [1.807, 2.05) is 12.1 Å². The number of fused-ring (bicyclic) bond motifs is 2. The standard InChI is InChI=1S/C30H26F2N6.C2HF3O2/c31-23-13-33-29(34-14-23)21-7-5-19-9-25(37-27(19)11-21)17-1-2-18(4-3-17)26-10-20-6-8-22(12-28(20)38-26)30-35-15-24(32)16-36-30;3-2(4,5)1(6)7/h1-12,23-24,37-38H,13-16H2,(H,33,34)(H,35,36);(H,6,7). The van der Waals surface area contributed by atoms with Crippen LogP contribution in [0.3, 0.4) is 0 Å². The Morgan fingerprint density at radius 3 is 1.38 bits per heavy atom. The molecule has 2 unspecified atom stereocenters. The summed E-state index contributed by atoms with van der Waals surface area (Å²) in [5.74, 6) is -1.28. The molecule has 45 heavy (non-hydrogen) atoms. The number of nitrogens with one attached hydrogen (secondary N) is 4. The van der Waals surface area contributed by atoms with Crippen LogP contribution in [0.4, 0.5) is 22.0 Å². The van der Waals surface area contributed by atoms with Crippen molar-refractivity contribution in [2.24, 2.45) is 9.98 Å². The van der Waals surface area contributed by atoms with Gasteiger partial charge in [-0.1, -0.05) is 48.5 Å². The molecule has 8 nitrogen and oxygen atoms in total. The quantitative estimate of drug-likeness (QED) is 0.158. The number of aliphatic carboxylic acids is 1. The fourth-order valence-corrected chi connectivity index (χ4v) is 5.11. The van der Waals surface area contributed by atoms with Crippen molar-refractivity contribution in [2.45, 2.75) is 18.5 Å². The molecule has 2 aromatic heterocycles. The third kappa shape index (κ3) is 6.66. The van der Waals surface area contributed by atoms with Gasteiger partial charge in [0.05, 0.1) is 13.1 Å². The van der Waals surface area contributed by atoms with Crippen LogP contribution in [-0.2, 0) is 4.79 Å². The molecule has 0 fully saturated rings. The number of carbonyl (C=O) groups is 1. The van der Waals surface area contributed by atoms with E-state index in [0.717, 1.165) is 67.1 Å². The Bertz CT molecular complexity index is 1800. The number of benzene rings is 3. The minimum atomic E-state index is -5.08. The van der Waals surface area contributed by atoms with Gasteiger partial charge >= 0.3 is 12.1 Å². The Balaban J connectivity index is 0.000000460. The highest BCUT2D eigenvalue weighted by molar-refractivity contribution is 6.03. The van der Waals surface area contributed by atoms with E-state index in [0.29, 0.717) is 13.1 Å².